The summed E-state index contributed by atoms with van der Waals surface area (Å²) in [7, 11) is -0.732. The van der Waals surface area contributed by atoms with Crippen LogP contribution in [0, 0.1) is 0 Å². The third-order valence-electron chi connectivity index (χ3n) is 4.75. The van der Waals surface area contributed by atoms with E-state index in [0.29, 0.717) is 0 Å². The molecule has 1 unspecified atom stereocenters. The Morgan fingerprint density at radius 1 is 1.00 bits per heavy atom. The standard InChI is InChI=1S/C14H23ClSi/c1-10-11(2)13(14(4,15)12(10)3)16-8-6-5-7-9-16/h16H,5-9H2,1-4H3. The van der Waals surface area contributed by atoms with E-state index in [-0.39, 0.29) is 4.87 Å². The average Bonchev–Trinajstić information content (AvgIpc) is 2.41. The molecule has 1 aliphatic carbocycles. The summed E-state index contributed by atoms with van der Waals surface area (Å²) in [5.74, 6) is 0. The van der Waals surface area contributed by atoms with E-state index in [9.17, 15) is 0 Å². The van der Waals surface area contributed by atoms with E-state index in [0.717, 1.165) is 0 Å². The number of alkyl halides is 1. The molecule has 0 N–H and O–H groups in total. The molecule has 0 aromatic rings. The van der Waals surface area contributed by atoms with Gasteiger partial charge in [0.15, 0.2) is 0 Å². The summed E-state index contributed by atoms with van der Waals surface area (Å²) in [5, 5.41) is 1.67. The summed E-state index contributed by atoms with van der Waals surface area (Å²) in [6, 6.07) is 2.96. The maximum atomic E-state index is 6.83. The van der Waals surface area contributed by atoms with Gasteiger partial charge in [-0.05, 0) is 38.8 Å². The highest BCUT2D eigenvalue weighted by Gasteiger charge is 2.40. The maximum Gasteiger partial charge on any atom is 0.0807 e. The Kier molecular flexibility index (Phi) is 3.38. The van der Waals surface area contributed by atoms with Gasteiger partial charge in [0.2, 0.25) is 0 Å². The molecule has 1 atom stereocenters. The first-order chi connectivity index (χ1) is 7.46. The van der Waals surface area contributed by atoms with E-state index in [1.165, 1.54) is 48.1 Å². The highest BCUT2D eigenvalue weighted by atomic mass is 35.5. The zero-order valence-corrected chi connectivity index (χ0v) is 12.9. The van der Waals surface area contributed by atoms with Crippen LogP contribution in [0.5, 0.6) is 0 Å². The average molecular weight is 255 g/mol. The van der Waals surface area contributed by atoms with Gasteiger partial charge in [-0.25, -0.2) is 0 Å². The molecule has 1 fully saturated rings. The molecule has 90 valence electrons. The van der Waals surface area contributed by atoms with Gasteiger partial charge in [-0.1, -0.05) is 42.1 Å². The Morgan fingerprint density at radius 3 is 2.00 bits per heavy atom. The molecule has 0 bridgehead atoms. The van der Waals surface area contributed by atoms with Crippen LogP contribution in [0.15, 0.2) is 21.9 Å². The zero-order chi connectivity index (χ0) is 11.9. The van der Waals surface area contributed by atoms with Crippen molar-refractivity contribution in [2.75, 3.05) is 0 Å². The minimum Gasteiger partial charge on any atom is -0.110 e. The first-order valence-electron chi connectivity index (χ1n) is 6.54. The molecule has 1 saturated heterocycles. The quantitative estimate of drug-likeness (QED) is 0.474. The molecule has 1 aliphatic heterocycles. The van der Waals surface area contributed by atoms with Crippen LogP contribution in [0.25, 0.3) is 0 Å². The van der Waals surface area contributed by atoms with Crippen molar-refractivity contribution in [1.29, 1.82) is 0 Å². The van der Waals surface area contributed by atoms with Gasteiger partial charge in [-0.3, -0.25) is 0 Å². The number of hydrogen-bond acceptors (Lipinski definition) is 0. The van der Waals surface area contributed by atoms with Crippen molar-refractivity contribution in [3.05, 3.63) is 21.9 Å². The number of halogens is 1. The molecule has 2 aliphatic rings. The van der Waals surface area contributed by atoms with Crippen LogP contribution in [0.2, 0.25) is 12.1 Å². The van der Waals surface area contributed by atoms with E-state index in [1.54, 1.807) is 5.20 Å². The molecule has 0 nitrogen and oxygen atoms in total. The SMILES string of the molecule is CC1=C(C)C(C)(Cl)C([SiH]2CCCCC2)=C1C. The monoisotopic (exact) mass is 254 g/mol. The lowest BCUT2D eigenvalue weighted by atomic mass is 10.0. The number of hydrogen-bond donors (Lipinski definition) is 0. The number of allylic oxidation sites excluding steroid dienone is 4. The molecule has 0 amide bonds. The van der Waals surface area contributed by atoms with Crippen LogP contribution in [0.1, 0.15) is 47.0 Å². The van der Waals surface area contributed by atoms with Crippen molar-refractivity contribution in [2.45, 2.75) is 63.9 Å². The summed E-state index contributed by atoms with van der Waals surface area (Å²) in [6.07, 6.45) is 4.33. The fourth-order valence-corrected chi connectivity index (χ4v) is 8.46. The van der Waals surface area contributed by atoms with Crippen molar-refractivity contribution in [3.8, 4) is 0 Å². The Morgan fingerprint density at radius 2 is 1.56 bits per heavy atom. The summed E-state index contributed by atoms with van der Waals surface area (Å²) in [5.41, 5.74) is 4.40. The minimum absolute atomic E-state index is 0.137. The lowest BCUT2D eigenvalue weighted by Gasteiger charge is -2.31. The van der Waals surface area contributed by atoms with Gasteiger partial charge in [-0.15, -0.1) is 11.6 Å². The molecule has 2 heteroatoms. The predicted molar refractivity (Wildman–Crippen MR) is 75.9 cm³/mol. The first-order valence-corrected chi connectivity index (χ1v) is 9.13. The maximum absolute atomic E-state index is 6.83. The summed E-state index contributed by atoms with van der Waals surface area (Å²) >= 11 is 6.83. The van der Waals surface area contributed by atoms with E-state index >= 15 is 0 Å². The Labute approximate surface area is 106 Å². The fourth-order valence-electron chi connectivity index (χ4n) is 3.47. The molecule has 0 saturated carbocycles. The fraction of sp³-hybridized carbons (Fsp3) is 0.714. The second-order valence-electron chi connectivity index (χ2n) is 5.63. The molecule has 0 aromatic heterocycles. The Balaban J connectivity index is 2.34. The van der Waals surface area contributed by atoms with Crippen molar-refractivity contribution in [1.82, 2.24) is 0 Å². The molecule has 0 radical (unpaired) electrons. The normalized spacial score (nSPS) is 32.8. The zero-order valence-electron chi connectivity index (χ0n) is 11.0. The molecule has 1 heterocycles. The Hall–Kier alpha value is -0.0131. The van der Waals surface area contributed by atoms with Crippen LogP contribution in [0.3, 0.4) is 0 Å². The Bertz CT molecular complexity index is 357. The topological polar surface area (TPSA) is 0 Å². The highest BCUT2D eigenvalue weighted by molar-refractivity contribution is 6.69. The van der Waals surface area contributed by atoms with E-state index in [1.807, 2.05) is 0 Å². The lowest BCUT2D eigenvalue weighted by Crippen LogP contribution is -2.32. The molecule has 0 spiro atoms. The largest absolute Gasteiger partial charge is 0.110 e. The summed E-state index contributed by atoms with van der Waals surface area (Å²) in [6.45, 7) is 8.98. The predicted octanol–water partition coefficient (Wildman–Crippen LogP) is 4.60. The van der Waals surface area contributed by atoms with Gasteiger partial charge in [0, 0.05) is 0 Å². The molecular weight excluding hydrogens is 232 g/mol. The second-order valence-corrected chi connectivity index (χ2v) is 9.51. The molecule has 0 aromatic carbocycles. The van der Waals surface area contributed by atoms with Crippen LogP contribution >= 0.6 is 11.6 Å². The third-order valence-corrected chi connectivity index (χ3v) is 9.46. The van der Waals surface area contributed by atoms with Gasteiger partial charge in [-0.2, -0.15) is 0 Å². The molecular formula is C14H23ClSi. The minimum atomic E-state index is -0.732. The van der Waals surface area contributed by atoms with Gasteiger partial charge in [0.25, 0.3) is 0 Å². The summed E-state index contributed by atoms with van der Waals surface area (Å²) in [4.78, 5) is -0.137. The van der Waals surface area contributed by atoms with Gasteiger partial charge >= 0.3 is 0 Å². The molecule has 16 heavy (non-hydrogen) atoms. The van der Waals surface area contributed by atoms with Crippen molar-refractivity contribution in [2.24, 2.45) is 0 Å². The van der Waals surface area contributed by atoms with E-state index in [2.05, 4.69) is 27.7 Å². The van der Waals surface area contributed by atoms with Crippen LogP contribution in [-0.2, 0) is 0 Å². The van der Waals surface area contributed by atoms with Gasteiger partial charge in [0.1, 0.15) is 0 Å². The first kappa shape index (κ1) is 12.4. The third kappa shape index (κ3) is 1.82. The van der Waals surface area contributed by atoms with Crippen molar-refractivity contribution in [3.63, 3.8) is 0 Å². The summed E-state index contributed by atoms with van der Waals surface area (Å²) < 4.78 is 0. The van der Waals surface area contributed by atoms with Crippen LogP contribution in [0.4, 0.5) is 0 Å². The van der Waals surface area contributed by atoms with Gasteiger partial charge < -0.3 is 0 Å². The highest BCUT2D eigenvalue weighted by Crippen LogP contribution is 2.47. The van der Waals surface area contributed by atoms with Crippen LogP contribution < -0.4 is 0 Å². The number of rotatable bonds is 1. The van der Waals surface area contributed by atoms with Crippen LogP contribution in [-0.4, -0.2) is 13.7 Å². The van der Waals surface area contributed by atoms with Crippen molar-refractivity contribution < 1.29 is 0 Å². The van der Waals surface area contributed by atoms with Gasteiger partial charge in [0.05, 0.1) is 13.7 Å². The second kappa shape index (κ2) is 4.34. The molecule has 2 rings (SSSR count). The van der Waals surface area contributed by atoms with E-state index < -0.39 is 8.80 Å². The lowest BCUT2D eigenvalue weighted by molar-refractivity contribution is 0.720. The smallest absolute Gasteiger partial charge is 0.0807 e. The van der Waals surface area contributed by atoms with Crippen molar-refractivity contribution >= 4 is 20.4 Å². The van der Waals surface area contributed by atoms with E-state index in [4.69, 9.17) is 11.6 Å².